The number of amides is 1. The predicted molar refractivity (Wildman–Crippen MR) is 60.5 cm³/mol. The SMILES string of the molecule is O=C(NCC1(C(=O)O)CCC1)c1cccnc1. The lowest BCUT2D eigenvalue weighted by molar-refractivity contribution is -0.153. The third-order valence-electron chi connectivity index (χ3n) is 3.28. The van der Waals surface area contributed by atoms with Gasteiger partial charge in [0.15, 0.2) is 0 Å². The summed E-state index contributed by atoms with van der Waals surface area (Å²) in [5, 5.41) is 11.8. The molecule has 0 atom stereocenters. The Morgan fingerprint density at radius 2 is 2.24 bits per heavy atom. The molecule has 0 aromatic carbocycles. The van der Waals surface area contributed by atoms with Gasteiger partial charge in [-0.1, -0.05) is 6.42 Å². The minimum absolute atomic E-state index is 0.191. The van der Waals surface area contributed by atoms with E-state index in [1.165, 1.54) is 6.20 Å². The van der Waals surface area contributed by atoms with Crippen molar-refractivity contribution in [2.75, 3.05) is 6.54 Å². The number of aliphatic carboxylic acids is 1. The molecule has 1 aromatic heterocycles. The minimum Gasteiger partial charge on any atom is -0.481 e. The molecule has 1 heterocycles. The van der Waals surface area contributed by atoms with Gasteiger partial charge in [0.1, 0.15) is 0 Å². The molecule has 2 rings (SSSR count). The fraction of sp³-hybridized carbons (Fsp3) is 0.417. The van der Waals surface area contributed by atoms with E-state index in [-0.39, 0.29) is 12.5 Å². The lowest BCUT2D eigenvalue weighted by Crippen LogP contribution is -2.47. The maximum atomic E-state index is 11.7. The highest BCUT2D eigenvalue weighted by Crippen LogP contribution is 2.40. The number of nitrogens with one attached hydrogen (secondary N) is 1. The second-order valence-corrected chi connectivity index (χ2v) is 4.36. The first kappa shape index (κ1) is 11.6. The van der Waals surface area contributed by atoms with Crippen LogP contribution in [0.5, 0.6) is 0 Å². The molecule has 1 aromatic rings. The Morgan fingerprint density at radius 1 is 1.47 bits per heavy atom. The predicted octanol–water partition coefficient (Wildman–Crippen LogP) is 1.07. The van der Waals surface area contributed by atoms with E-state index in [4.69, 9.17) is 5.11 Å². The highest BCUT2D eigenvalue weighted by molar-refractivity contribution is 5.94. The van der Waals surface area contributed by atoms with Crippen molar-refractivity contribution >= 4 is 11.9 Å². The van der Waals surface area contributed by atoms with Gasteiger partial charge in [-0.2, -0.15) is 0 Å². The quantitative estimate of drug-likeness (QED) is 0.816. The topological polar surface area (TPSA) is 79.3 Å². The molecule has 5 heteroatoms. The van der Waals surface area contributed by atoms with E-state index < -0.39 is 11.4 Å². The van der Waals surface area contributed by atoms with Crippen molar-refractivity contribution in [1.29, 1.82) is 0 Å². The Morgan fingerprint density at radius 3 is 2.71 bits per heavy atom. The standard InChI is InChI=1S/C12H14N2O3/c15-10(9-3-1-6-13-7-9)14-8-12(11(16)17)4-2-5-12/h1,3,6-7H,2,4-5,8H2,(H,14,15)(H,16,17). The number of hydrogen-bond acceptors (Lipinski definition) is 3. The summed E-state index contributed by atoms with van der Waals surface area (Å²) in [6, 6.07) is 3.32. The zero-order valence-corrected chi connectivity index (χ0v) is 9.35. The van der Waals surface area contributed by atoms with Crippen molar-refractivity contribution < 1.29 is 14.7 Å². The van der Waals surface area contributed by atoms with Gasteiger partial charge in [-0.05, 0) is 25.0 Å². The molecular formula is C12H14N2O3. The van der Waals surface area contributed by atoms with E-state index in [2.05, 4.69) is 10.3 Å². The first-order valence-corrected chi connectivity index (χ1v) is 5.56. The highest BCUT2D eigenvalue weighted by atomic mass is 16.4. The van der Waals surface area contributed by atoms with Crippen LogP contribution in [0.25, 0.3) is 0 Å². The third kappa shape index (κ3) is 2.27. The van der Waals surface area contributed by atoms with Gasteiger partial charge in [0.05, 0.1) is 11.0 Å². The van der Waals surface area contributed by atoms with Gasteiger partial charge in [-0.15, -0.1) is 0 Å². The molecule has 1 fully saturated rings. The molecule has 2 N–H and O–H groups in total. The first-order chi connectivity index (χ1) is 8.14. The van der Waals surface area contributed by atoms with Crippen LogP contribution >= 0.6 is 0 Å². The second-order valence-electron chi connectivity index (χ2n) is 4.36. The Hall–Kier alpha value is -1.91. The summed E-state index contributed by atoms with van der Waals surface area (Å²) in [7, 11) is 0. The van der Waals surface area contributed by atoms with Gasteiger partial charge in [-0.25, -0.2) is 0 Å². The largest absolute Gasteiger partial charge is 0.481 e. The maximum Gasteiger partial charge on any atom is 0.311 e. The molecule has 0 aliphatic heterocycles. The zero-order chi connectivity index (χ0) is 12.3. The lowest BCUT2D eigenvalue weighted by atomic mass is 9.69. The molecular weight excluding hydrogens is 220 g/mol. The summed E-state index contributed by atoms with van der Waals surface area (Å²) in [6.07, 6.45) is 5.23. The highest BCUT2D eigenvalue weighted by Gasteiger charge is 2.44. The number of hydrogen-bond donors (Lipinski definition) is 2. The van der Waals surface area contributed by atoms with Crippen molar-refractivity contribution in [1.82, 2.24) is 10.3 Å². The number of aromatic nitrogens is 1. The number of carboxylic acids is 1. The molecule has 5 nitrogen and oxygen atoms in total. The molecule has 1 aliphatic carbocycles. The number of rotatable bonds is 4. The summed E-state index contributed by atoms with van der Waals surface area (Å²) in [4.78, 5) is 26.6. The van der Waals surface area contributed by atoms with Gasteiger partial charge in [-0.3, -0.25) is 14.6 Å². The molecule has 0 saturated heterocycles. The fourth-order valence-corrected chi connectivity index (χ4v) is 1.92. The van der Waals surface area contributed by atoms with E-state index in [1.807, 2.05) is 0 Å². The third-order valence-corrected chi connectivity index (χ3v) is 3.28. The molecule has 1 saturated carbocycles. The van der Waals surface area contributed by atoms with Gasteiger partial charge in [0, 0.05) is 18.9 Å². The van der Waals surface area contributed by atoms with Gasteiger partial charge >= 0.3 is 5.97 Å². The van der Waals surface area contributed by atoms with Crippen LogP contribution in [-0.4, -0.2) is 28.5 Å². The monoisotopic (exact) mass is 234 g/mol. The van der Waals surface area contributed by atoms with Crippen molar-refractivity contribution in [3.8, 4) is 0 Å². The molecule has 0 radical (unpaired) electrons. The van der Waals surface area contributed by atoms with E-state index in [0.29, 0.717) is 18.4 Å². The van der Waals surface area contributed by atoms with E-state index in [0.717, 1.165) is 6.42 Å². The zero-order valence-electron chi connectivity index (χ0n) is 9.35. The Bertz CT molecular complexity index is 427. The fourth-order valence-electron chi connectivity index (χ4n) is 1.92. The first-order valence-electron chi connectivity index (χ1n) is 5.56. The summed E-state index contributed by atoms with van der Waals surface area (Å²) in [6.45, 7) is 0.191. The molecule has 0 spiro atoms. The van der Waals surface area contributed by atoms with Crippen LogP contribution < -0.4 is 5.32 Å². The van der Waals surface area contributed by atoms with Crippen LogP contribution in [0, 0.1) is 5.41 Å². The van der Waals surface area contributed by atoms with Gasteiger partial charge in [0.2, 0.25) is 0 Å². The average Bonchev–Trinajstić information content (AvgIpc) is 2.28. The van der Waals surface area contributed by atoms with Crippen LogP contribution in [0.3, 0.4) is 0 Å². The number of nitrogens with zero attached hydrogens (tertiary/aromatic N) is 1. The van der Waals surface area contributed by atoms with Crippen LogP contribution in [-0.2, 0) is 4.79 Å². The Labute approximate surface area is 98.9 Å². The maximum absolute atomic E-state index is 11.7. The van der Waals surface area contributed by atoms with Crippen LogP contribution in [0.1, 0.15) is 29.6 Å². The average molecular weight is 234 g/mol. The number of carboxylic acid groups (broad SMARTS) is 1. The number of pyridine rings is 1. The summed E-state index contributed by atoms with van der Waals surface area (Å²) in [5.74, 6) is -1.10. The van der Waals surface area contributed by atoms with E-state index in [9.17, 15) is 9.59 Å². The van der Waals surface area contributed by atoms with Crippen molar-refractivity contribution in [3.63, 3.8) is 0 Å². The normalized spacial score (nSPS) is 16.9. The van der Waals surface area contributed by atoms with E-state index in [1.54, 1.807) is 18.3 Å². The summed E-state index contributed by atoms with van der Waals surface area (Å²) >= 11 is 0. The van der Waals surface area contributed by atoms with Gasteiger partial charge < -0.3 is 10.4 Å². The Kier molecular flexibility index (Phi) is 3.08. The lowest BCUT2D eigenvalue weighted by Gasteiger charge is -2.37. The smallest absolute Gasteiger partial charge is 0.311 e. The Balaban J connectivity index is 1.95. The molecule has 90 valence electrons. The number of carbonyl (C=O) groups excluding carboxylic acids is 1. The van der Waals surface area contributed by atoms with Crippen LogP contribution in [0.15, 0.2) is 24.5 Å². The molecule has 17 heavy (non-hydrogen) atoms. The molecule has 0 unspecified atom stereocenters. The molecule has 1 amide bonds. The van der Waals surface area contributed by atoms with E-state index >= 15 is 0 Å². The van der Waals surface area contributed by atoms with Crippen molar-refractivity contribution in [2.45, 2.75) is 19.3 Å². The van der Waals surface area contributed by atoms with Crippen molar-refractivity contribution in [2.24, 2.45) is 5.41 Å². The second kappa shape index (κ2) is 4.53. The minimum atomic E-state index is -0.824. The summed E-state index contributed by atoms with van der Waals surface area (Å²) < 4.78 is 0. The van der Waals surface area contributed by atoms with Crippen LogP contribution in [0.4, 0.5) is 0 Å². The molecule has 1 aliphatic rings. The van der Waals surface area contributed by atoms with Crippen LogP contribution in [0.2, 0.25) is 0 Å². The number of carbonyl (C=O) groups is 2. The van der Waals surface area contributed by atoms with Crippen molar-refractivity contribution in [3.05, 3.63) is 30.1 Å². The molecule has 0 bridgehead atoms. The summed E-state index contributed by atoms with van der Waals surface area (Å²) in [5.41, 5.74) is -0.301. The van der Waals surface area contributed by atoms with Gasteiger partial charge in [0.25, 0.3) is 5.91 Å².